The molecule has 0 spiro atoms. The molecule has 0 saturated carbocycles. The molecule has 0 aliphatic carbocycles. The first kappa shape index (κ1) is 14.8. The van der Waals surface area contributed by atoms with Gasteiger partial charge in [-0.05, 0) is 38.0 Å². The minimum atomic E-state index is 0.135. The van der Waals surface area contributed by atoms with E-state index in [1.165, 1.54) is 0 Å². The summed E-state index contributed by atoms with van der Waals surface area (Å²) in [5.74, 6) is 0.205. The summed E-state index contributed by atoms with van der Waals surface area (Å²) in [7, 11) is 1.89. The number of carbonyl (C=O) groups is 1. The minimum absolute atomic E-state index is 0.135. The topological polar surface area (TPSA) is 51.0 Å². The zero-order valence-corrected chi connectivity index (χ0v) is 13.2. The van der Waals surface area contributed by atoms with Crippen molar-refractivity contribution in [2.24, 2.45) is 7.05 Å². The molecular weight excluding hydrogens is 276 g/mol. The molecule has 1 aliphatic heterocycles. The van der Waals surface area contributed by atoms with Gasteiger partial charge in [-0.25, -0.2) is 0 Å². The highest BCUT2D eigenvalue weighted by Gasteiger charge is 2.30. The van der Waals surface area contributed by atoms with Gasteiger partial charge < -0.3 is 4.90 Å². The Morgan fingerprint density at radius 2 is 2.23 bits per heavy atom. The molecule has 0 radical (unpaired) electrons. The lowest BCUT2D eigenvalue weighted by Crippen LogP contribution is -2.31. The van der Waals surface area contributed by atoms with Gasteiger partial charge in [0.25, 0.3) is 0 Å². The molecule has 3 rings (SSSR count). The average Bonchev–Trinajstić information content (AvgIpc) is 3.13. The fourth-order valence-corrected chi connectivity index (χ4v) is 3.10. The number of likely N-dealkylation sites (tertiary alicyclic amines) is 1. The molecule has 1 amide bonds. The van der Waals surface area contributed by atoms with Crippen LogP contribution < -0.4 is 0 Å². The maximum Gasteiger partial charge on any atom is 0.223 e. The first-order chi connectivity index (χ1) is 10.6. The Morgan fingerprint density at radius 3 is 2.95 bits per heavy atom. The van der Waals surface area contributed by atoms with Crippen LogP contribution in [0, 0.1) is 6.92 Å². The number of rotatable bonds is 4. The van der Waals surface area contributed by atoms with E-state index >= 15 is 0 Å². The molecule has 2 aromatic heterocycles. The largest absolute Gasteiger partial charge is 0.334 e. The fourth-order valence-electron chi connectivity index (χ4n) is 3.10. The Kier molecular flexibility index (Phi) is 4.22. The van der Waals surface area contributed by atoms with Gasteiger partial charge in [0.05, 0.1) is 17.4 Å². The summed E-state index contributed by atoms with van der Waals surface area (Å²) in [6.45, 7) is 2.83. The Morgan fingerprint density at radius 1 is 1.36 bits per heavy atom. The van der Waals surface area contributed by atoms with Crippen molar-refractivity contribution in [2.45, 2.75) is 38.6 Å². The number of aromatic nitrogens is 3. The van der Waals surface area contributed by atoms with Crippen molar-refractivity contribution >= 4 is 5.91 Å². The van der Waals surface area contributed by atoms with Gasteiger partial charge in [0.1, 0.15) is 0 Å². The van der Waals surface area contributed by atoms with E-state index in [2.05, 4.69) is 10.1 Å². The number of hydrogen-bond donors (Lipinski definition) is 0. The molecule has 116 valence electrons. The normalized spacial score (nSPS) is 17.9. The summed E-state index contributed by atoms with van der Waals surface area (Å²) < 4.78 is 1.77. The van der Waals surface area contributed by atoms with Crippen LogP contribution in [0.15, 0.2) is 30.5 Å². The Bertz CT molecular complexity index is 664. The quantitative estimate of drug-likeness (QED) is 0.871. The molecule has 5 nitrogen and oxygen atoms in total. The van der Waals surface area contributed by atoms with Crippen LogP contribution in [-0.4, -0.2) is 32.1 Å². The number of carbonyl (C=O) groups excluding carboxylic acids is 1. The Labute approximate surface area is 131 Å². The lowest BCUT2D eigenvalue weighted by molar-refractivity contribution is -0.132. The van der Waals surface area contributed by atoms with Crippen molar-refractivity contribution in [2.75, 3.05) is 6.54 Å². The molecule has 1 aliphatic rings. The highest BCUT2D eigenvalue weighted by molar-refractivity contribution is 5.77. The number of pyridine rings is 1. The number of aryl methyl sites for hydroxylation is 3. The molecule has 0 bridgehead atoms. The van der Waals surface area contributed by atoms with Crippen molar-refractivity contribution in [3.05, 3.63) is 47.5 Å². The van der Waals surface area contributed by atoms with Crippen LogP contribution >= 0.6 is 0 Å². The Hall–Kier alpha value is -2.17. The molecule has 1 atom stereocenters. The van der Waals surface area contributed by atoms with Crippen molar-refractivity contribution < 1.29 is 4.79 Å². The summed E-state index contributed by atoms with van der Waals surface area (Å²) in [5.41, 5.74) is 2.99. The highest BCUT2D eigenvalue weighted by atomic mass is 16.2. The Balaban J connectivity index is 1.66. The molecule has 0 N–H and O–H groups in total. The SMILES string of the molecule is Cc1cccc([C@@H]2CCCN2C(=O)CCc2ccn(C)n2)n1. The van der Waals surface area contributed by atoms with Crippen molar-refractivity contribution in [1.82, 2.24) is 19.7 Å². The minimum Gasteiger partial charge on any atom is -0.334 e. The van der Waals surface area contributed by atoms with E-state index in [0.29, 0.717) is 12.8 Å². The zero-order valence-electron chi connectivity index (χ0n) is 13.2. The number of amides is 1. The van der Waals surface area contributed by atoms with Crippen LogP contribution in [0.25, 0.3) is 0 Å². The van der Waals surface area contributed by atoms with Crippen LogP contribution in [0.2, 0.25) is 0 Å². The smallest absolute Gasteiger partial charge is 0.223 e. The van der Waals surface area contributed by atoms with Gasteiger partial charge in [-0.2, -0.15) is 5.10 Å². The van der Waals surface area contributed by atoms with E-state index in [-0.39, 0.29) is 11.9 Å². The van der Waals surface area contributed by atoms with E-state index in [0.717, 1.165) is 36.5 Å². The van der Waals surface area contributed by atoms with Gasteiger partial charge in [-0.1, -0.05) is 6.07 Å². The van der Waals surface area contributed by atoms with E-state index in [1.54, 1.807) is 4.68 Å². The second-order valence-electron chi connectivity index (χ2n) is 5.93. The van der Waals surface area contributed by atoms with Crippen LogP contribution in [0.1, 0.15) is 42.4 Å². The van der Waals surface area contributed by atoms with Gasteiger partial charge in [0, 0.05) is 38.3 Å². The van der Waals surface area contributed by atoms with Crippen molar-refractivity contribution in [3.63, 3.8) is 0 Å². The van der Waals surface area contributed by atoms with E-state index in [1.807, 2.05) is 49.3 Å². The maximum absolute atomic E-state index is 12.6. The third-order valence-corrected chi connectivity index (χ3v) is 4.19. The summed E-state index contributed by atoms with van der Waals surface area (Å²) in [4.78, 5) is 19.1. The van der Waals surface area contributed by atoms with Crippen LogP contribution in [0.5, 0.6) is 0 Å². The molecule has 22 heavy (non-hydrogen) atoms. The molecule has 1 saturated heterocycles. The monoisotopic (exact) mass is 298 g/mol. The number of hydrogen-bond acceptors (Lipinski definition) is 3. The first-order valence-electron chi connectivity index (χ1n) is 7.85. The van der Waals surface area contributed by atoms with E-state index in [4.69, 9.17) is 0 Å². The van der Waals surface area contributed by atoms with Gasteiger partial charge in [0.2, 0.25) is 5.91 Å². The molecule has 2 aromatic rings. The molecule has 1 fully saturated rings. The zero-order chi connectivity index (χ0) is 15.5. The lowest BCUT2D eigenvalue weighted by atomic mass is 10.1. The third kappa shape index (κ3) is 3.18. The van der Waals surface area contributed by atoms with Crippen LogP contribution in [0.4, 0.5) is 0 Å². The van der Waals surface area contributed by atoms with Gasteiger partial charge in [0.15, 0.2) is 0 Å². The standard InChI is InChI=1S/C17H22N4O/c1-13-5-3-6-15(18-13)16-7-4-11-21(16)17(22)9-8-14-10-12-20(2)19-14/h3,5-6,10,12,16H,4,7-9,11H2,1-2H3/t16-/m0/s1. The highest BCUT2D eigenvalue weighted by Crippen LogP contribution is 2.31. The van der Waals surface area contributed by atoms with Crippen LogP contribution in [0.3, 0.4) is 0 Å². The van der Waals surface area contributed by atoms with Crippen molar-refractivity contribution in [3.8, 4) is 0 Å². The summed E-state index contributed by atoms with van der Waals surface area (Å²) in [6, 6.07) is 8.15. The van der Waals surface area contributed by atoms with Gasteiger partial charge >= 0.3 is 0 Å². The lowest BCUT2D eigenvalue weighted by Gasteiger charge is -2.24. The van der Waals surface area contributed by atoms with E-state index in [9.17, 15) is 4.79 Å². The number of nitrogens with zero attached hydrogens (tertiary/aromatic N) is 4. The molecular formula is C17H22N4O. The maximum atomic E-state index is 12.6. The summed E-state index contributed by atoms with van der Waals surface area (Å²) in [5, 5.41) is 4.33. The van der Waals surface area contributed by atoms with Gasteiger partial charge in [-0.15, -0.1) is 0 Å². The molecule has 5 heteroatoms. The molecule has 0 unspecified atom stereocenters. The third-order valence-electron chi connectivity index (χ3n) is 4.19. The predicted octanol–water partition coefficient (Wildman–Crippen LogP) is 2.42. The van der Waals surface area contributed by atoms with Crippen LogP contribution in [-0.2, 0) is 18.3 Å². The molecule has 3 heterocycles. The fraction of sp³-hybridized carbons (Fsp3) is 0.471. The average molecular weight is 298 g/mol. The second-order valence-corrected chi connectivity index (χ2v) is 5.93. The van der Waals surface area contributed by atoms with E-state index < -0.39 is 0 Å². The molecule has 0 aromatic carbocycles. The summed E-state index contributed by atoms with van der Waals surface area (Å²) in [6.07, 6.45) is 5.18. The van der Waals surface area contributed by atoms with Gasteiger partial charge in [-0.3, -0.25) is 14.5 Å². The van der Waals surface area contributed by atoms with Crippen molar-refractivity contribution in [1.29, 1.82) is 0 Å². The predicted molar refractivity (Wildman–Crippen MR) is 84.2 cm³/mol. The first-order valence-corrected chi connectivity index (χ1v) is 7.85. The summed E-state index contributed by atoms with van der Waals surface area (Å²) >= 11 is 0. The second kappa shape index (κ2) is 6.30.